The smallest absolute Gasteiger partial charge is 0.127 e. The Morgan fingerprint density at radius 3 is 3.00 bits per heavy atom. The number of rotatable bonds is 6. The predicted octanol–water partition coefficient (Wildman–Crippen LogP) is 3.61. The molecule has 0 fully saturated rings. The second kappa shape index (κ2) is 6.63. The maximum atomic E-state index is 8.36. The summed E-state index contributed by atoms with van der Waals surface area (Å²) in [6.45, 7) is 2.48. The van der Waals surface area contributed by atoms with Gasteiger partial charge in [-0.05, 0) is 36.1 Å². The lowest BCUT2D eigenvalue weighted by Crippen LogP contribution is -2.02. The fourth-order valence-electron chi connectivity index (χ4n) is 2.03. The monoisotopic (exact) mass is 270 g/mol. The molecule has 6 heteroatoms. The molecule has 0 aliphatic carbocycles. The summed E-state index contributed by atoms with van der Waals surface area (Å²) in [6, 6.07) is 9.60. The Hall–Kier alpha value is -2.46. The lowest BCUT2D eigenvalue weighted by Gasteiger charge is -2.05. The number of nitrogens with two attached hydrogens (primary N) is 1. The normalized spacial score (nSPS) is 10.2. The van der Waals surface area contributed by atoms with Gasteiger partial charge in [-0.2, -0.15) is 5.10 Å². The molecule has 0 unspecified atom stereocenters. The van der Waals surface area contributed by atoms with Crippen LogP contribution in [0.15, 0.2) is 35.4 Å². The summed E-state index contributed by atoms with van der Waals surface area (Å²) in [5.74, 6) is 0.622. The van der Waals surface area contributed by atoms with Crippen LogP contribution in [0.1, 0.15) is 31.0 Å². The number of aryl methyl sites for hydroxylation is 1. The van der Waals surface area contributed by atoms with Crippen molar-refractivity contribution >= 4 is 5.82 Å². The Morgan fingerprint density at radius 1 is 1.40 bits per heavy atom. The van der Waals surface area contributed by atoms with Gasteiger partial charge in [0.25, 0.3) is 0 Å². The fourth-order valence-corrected chi connectivity index (χ4v) is 2.03. The van der Waals surface area contributed by atoms with Crippen LogP contribution in [0.4, 0.5) is 5.82 Å². The van der Waals surface area contributed by atoms with Gasteiger partial charge in [-0.1, -0.05) is 30.6 Å². The Bertz CT molecular complexity index is 624. The van der Waals surface area contributed by atoms with E-state index in [9.17, 15) is 0 Å². The highest BCUT2D eigenvalue weighted by Crippen LogP contribution is 2.17. The van der Waals surface area contributed by atoms with Crippen molar-refractivity contribution in [1.82, 2.24) is 9.78 Å². The molecule has 6 nitrogen and oxygen atoms in total. The second-order valence-electron chi connectivity index (χ2n) is 4.63. The third-order valence-corrected chi connectivity index (χ3v) is 3.05. The molecule has 20 heavy (non-hydrogen) atoms. The molecule has 2 rings (SSSR count). The van der Waals surface area contributed by atoms with Crippen LogP contribution in [0.3, 0.4) is 0 Å². The summed E-state index contributed by atoms with van der Waals surface area (Å²) in [4.78, 5) is 2.77. The van der Waals surface area contributed by atoms with Gasteiger partial charge in [-0.25, -0.2) is 4.68 Å². The molecule has 0 aliphatic rings. The highest BCUT2D eigenvalue weighted by atomic mass is 15.3. The summed E-state index contributed by atoms with van der Waals surface area (Å²) >= 11 is 0. The van der Waals surface area contributed by atoms with Crippen LogP contribution in [0.25, 0.3) is 16.1 Å². The molecule has 0 saturated carbocycles. The standard InChI is InChI=1S/C14H18N6/c1-2-3-6-12-9-14(15)20(18-12)13-7-4-5-11(8-13)10-17-19-16/h4-5,7-9H,2-3,6,10,15H2,1H3. The first-order valence-corrected chi connectivity index (χ1v) is 6.69. The van der Waals surface area contributed by atoms with Crippen LogP contribution in [0, 0.1) is 0 Å². The van der Waals surface area contributed by atoms with Crippen molar-refractivity contribution in [2.75, 3.05) is 5.73 Å². The van der Waals surface area contributed by atoms with E-state index in [-0.39, 0.29) is 0 Å². The van der Waals surface area contributed by atoms with Crippen LogP contribution in [-0.2, 0) is 13.0 Å². The number of unbranched alkanes of at least 4 members (excludes halogenated alkanes) is 1. The van der Waals surface area contributed by atoms with Crippen molar-refractivity contribution in [3.63, 3.8) is 0 Å². The van der Waals surface area contributed by atoms with Gasteiger partial charge in [0.2, 0.25) is 0 Å². The Balaban J connectivity index is 2.26. The second-order valence-corrected chi connectivity index (χ2v) is 4.63. The molecule has 2 N–H and O–H groups in total. The van der Waals surface area contributed by atoms with Gasteiger partial charge in [0.05, 0.1) is 17.9 Å². The Kier molecular flexibility index (Phi) is 4.63. The van der Waals surface area contributed by atoms with Gasteiger partial charge in [-0.15, -0.1) is 0 Å². The van der Waals surface area contributed by atoms with Crippen molar-refractivity contribution in [1.29, 1.82) is 0 Å². The fraction of sp³-hybridized carbons (Fsp3) is 0.357. The highest BCUT2D eigenvalue weighted by molar-refractivity contribution is 5.44. The first-order valence-electron chi connectivity index (χ1n) is 6.69. The molecule has 0 amide bonds. The Labute approximate surface area is 117 Å². The zero-order valence-corrected chi connectivity index (χ0v) is 11.5. The summed E-state index contributed by atoms with van der Waals surface area (Å²) in [5.41, 5.74) is 17.2. The molecule has 0 radical (unpaired) electrons. The lowest BCUT2D eigenvalue weighted by atomic mass is 10.2. The molecule has 104 valence electrons. The highest BCUT2D eigenvalue weighted by Gasteiger charge is 2.07. The predicted molar refractivity (Wildman–Crippen MR) is 79.4 cm³/mol. The van der Waals surface area contributed by atoms with Gasteiger partial charge < -0.3 is 5.73 Å². The largest absolute Gasteiger partial charge is 0.384 e. The minimum Gasteiger partial charge on any atom is -0.384 e. The van der Waals surface area contributed by atoms with E-state index < -0.39 is 0 Å². The van der Waals surface area contributed by atoms with Crippen molar-refractivity contribution in [2.24, 2.45) is 5.11 Å². The molecule has 2 aromatic rings. The van der Waals surface area contributed by atoms with E-state index in [1.165, 1.54) is 0 Å². The zero-order valence-electron chi connectivity index (χ0n) is 11.5. The molecule has 1 aromatic carbocycles. The SMILES string of the molecule is CCCCc1cc(N)n(-c2cccc(CN=[N+]=[N-])c2)n1. The molecular weight excluding hydrogens is 252 g/mol. The van der Waals surface area contributed by atoms with Gasteiger partial charge in [-0.3, -0.25) is 0 Å². The van der Waals surface area contributed by atoms with Crippen molar-refractivity contribution in [3.8, 4) is 5.69 Å². The maximum absolute atomic E-state index is 8.36. The summed E-state index contributed by atoms with van der Waals surface area (Å²) in [7, 11) is 0. The number of nitrogens with zero attached hydrogens (tertiary/aromatic N) is 5. The molecule has 0 atom stereocenters. The average Bonchev–Trinajstić information content (AvgIpc) is 2.84. The quantitative estimate of drug-likeness (QED) is 0.493. The van der Waals surface area contributed by atoms with E-state index in [4.69, 9.17) is 11.3 Å². The summed E-state index contributed by atoms with van der Waals surface area (Å²) < 4.78 is 1.73. The lowest BCUT2D eigenvalue weighted by molar-refractivity contribution is 0.753. The number of hydrogen-bond acceptors (Lipinski definition) is 3. The minimum absolute atomic E-state index is 0.328. The zero-order chi connectivity index (χ0) is 14.4. The number of nitrogen functional groups attached to an aromatic ring is 1. The molecular formula is C14H18N6. The van der Waals surface area contributed by atoms with E-state index in [2.05, 4.69) is 22.0 Å². The summed E-state index contributed by atoms with van der Waals surface area (Å²) in [5, 5.41) is 8.09. The average molecular weight is 270 g/mol. The minimum atomic E-state index is 0.328. The first-order chi connectivity index (χ1) is 9.74. The maximum Gasteiger partial charge on any atom is 0.127 e. The van der Waals surface area contributed by atoms with Crippen molar-refractivity contribution in [3.05, 3.63) is 52.0 Å². The Morgan fingerprint density at radius 2 is 2.25 bits per heavy atom. The molecule has 1 aromatic heterocycles. The molecule has 0 spiro atoms. The summed E-state index contributed by atoms with van der Waals surface area (Å²) in [6.07, 6.45) is 3.17. The van der Waals surface area contributed by atoms with E-state index in [1.54, 1.807) is 4.68 Å². The van der Waals surface area contributed by atoms with Crippen LogP contribution in [0.2, 0.25) is 0 Å². The van der Waals surface area contributed by atoms with Gasteiger partial charge >= 0.3 is 0 Å². The molecule has 0 aliphatic heterocycles. The molecule has 0 saturated heterocycles. The third-order valence-electron chi connectivity index (χ3n) is 3.05. The van der Waals surface area contributed by atoms with Crippen molar-refractivity contribution < 1.29 is 0 Å². The third kappa shape index (κ3) is 3.30. The number of hydrogen-bond donors (Lipinski definition) is 1. The van der Waals surface area contributed by atoms with Gasteiger partial charge in [0.1, 0.15) is 5.82 Å². The van der Waals surface area contributed by atoms with Crippen LogP contribution >= 0.6 is 0 Å². The van der Waals surface area contributed by atoms with E-state index in [1.807, 2.05) is 30.3 Å². The molecule has 1 heterocycles. The number of azide groups is 1. The van der Waals surface area contributed by atoms with E-state index in [0.717, 1.165) is 36.2 Å². The van der Waals surface area contributed by atoms with Crippen LogP contribution < -0.4 is 5.73 Å². The van der Waals surface area contributed by atoms with Crippen LogP contribution in [0.5, 0.6) is 0 Å². The first kappa shape index (κ1) is 14.0. The van der Waals surface area contributed by atoms with Gasteiger partial charge in [0, 0.05) is 11.0 Å². The van der Waals surface area contributed by atoms with Crippen molar-refractivity contribution in [2.45, 2.75) is 32.7 Å². The number of anilines is 1. The van der Waals surface area contributed by atoms with Gasteiger partial charge in [0.15, 0.2) is 0 Å². The number of benzene rings is 1. The van der Waals surface area contributed by atoms with E-state index in [0.29, 0.717) is 12.4 Å². The van der Waals surface area contributed by atoms with Crippen LogP contribution in [-0.4, -0.2) is 9.78 Å². The number of aromatic nitrogens is 2. The topological polar surface area (TPSA) is 92.6 Å². The van der Waals surface area contributed by atoms with E-state index >= 15 is 0 Å². The molecule has 0 bridgehead atoms.